The number of piperidine rings is 1. The van der Waals surface area contributed by atoms with Gasteiger partial charge in [-0.2, -0.15) is 0 Å². The van der Waals surface area contributed by atoms with Crippen molar-refractivity contribution in [3.63, 3.8) is 0 Å². The van der Waals surface area contributed by atoms with Crippen LogP contribution in [0.25, 0.3) is 0 Å². The van der Waals surface area contributed by atoms with Crippen molar-refractivity contribution < 1.29 is 24.2 Å². The highest BCUT2D eigenvalue weighted by Crippen LogP contribution is 2.19. The number of ether oxygens (including phenoxy) is 2. The number of likely N-dealkylation sites (tertiary alicyclic amines) is 1. The van der Waals surface area contributed by atoms with E-state index < -0.39 is 6.10 Å². The van der Waals surface area contributed by atoms with Crippen LogP contribution in [0, 0.1) is 0 Å². The number of methoxy groups -OCH3 is 1. The maximum Gasteiger partial charge on any atom is 0.409 e. The number of nitrogens with one attached hydrogen (secondary N) is 2. The van der Waals surface area contributed by atoms with Crippen molar-refractivity contribution in [2.75, 3.05) is 26.7 Å². The van der Waals surface area contributed by atoms with Gasteiger partial charge in [0, 0.05) is 57.3 Å². The van der Waals surface area contributed by atoms with Crippen LogP contribution in [0.3, 0.4) is 0 Å². The lowest BCUT2D eigenvalue weighted by molar-refractivity contribution is 0.0772. The fourth-order valence-electron chi connectivity index (χ4n) is 4.23. The number of carbonyl (C=O) groups is 2. The highest BCUT2D eigenvalue weighted by molar-refractivity contribution is 5.93. The monoisotopic (exact) mass is 454 g/mol. The minimum Gasteiger partial charge on any atom is -0.474 e. The number of rotatable bonds is 6. The Hall–Kier alpha value is -3.17. The molecule has 1 saturated heterocycles. The third-order valence-electron chi connectivity index (χ3n) is 6.21. The van der Waals surface area contributed by atoms with Gasteiger partial charge < -0.3 is 30.1 Å². The summed E-state index contributed by atoms with van der Waals surface area (Å²) in [5.74, 6) is 0.142. The van der Waals surface area contributed by atoms with Gasteiger partial charge in [-0.15, -0.1) is 0 Å². The molecule has 0 spiro atoms. The molecule has 2 aliphatic rings. The molecule has 0 aliphatic carbocycles. The van der Waals surface area contributed by atoms with Gasteiger partial charge in [0.15, 0.2) is 0 Å². The van der Waals surface area contributed by atoms with Gasteiger partial charge in [0.2, 0.25) is 5.88 Å². The van der Waals surface area contributed by atoms with E-state index >= 15 is 0 Å². The minimum atomic E-state index is -0.700. The largest absolute Gasteiger partial charge is 0.474 e. The number of aliphatic hydroxyl groups is 1. The summed E-state index contributed by atoms with van der Waals surface area (Å²) >= 11 is 0. The summed E-state index contributed by atoms with van der Waals surface area (Å²) in [5, 5.41) is 16.7. The van der Waals surface area contributed by atoms with E-state index in [1.165, 1.54) is 24.4 Å². The molecular weight excluding hydrogens is 424 g/mol. The Bertz CT molecular complexity index is 960. The summed E-state index contributed by atoms with van der Waals surface area (Å²) in [6.45, 7) is 2.00. The van der Waals surface area contributed by atoms with Crippen molar-refractivity contribution in [1.82, 2.24) is 20.5 Å². The maximum absolute atomic E-state index is 12.5. The van der Waals surface area contributed by atoms with E-state index in [0.29, 0.717) is 43.9 Å². The lowest BCUT2D eigenvalue weighted by Gasteiger charge is -2.30. The molecule has 2 atom stereocenters. The number of aliphatic hydroxyl groups excluding tert-OH is 1. The minimum absolute atomic E-state index is 0.0404. The van der Waals surface area contributed by atoms with Crippen molar-refractivity contribution in [2.24, 2.45) is 0 Å². The Kier molecular flexibility index (Phi) is 7.41. The molecule has 0 unspecified atom stereocenters. The van der Waals surface area contributed by atoms with Gasteiger partial charge in [-0.25, -0.2) is 9.78 Å². The summed E-state index contributed by atoms with van der Waals surface area (Å²) in [5.41, 5.74) is 2.87. The smallest absolute Gasteiger partial charge is 0.409 e. The quantitative estimate of drug-likeness (QED) is 0.606. The third kappa shape index (κ3) is 5.80. The number of amides is 2. The van der Waals surface area contributed by atoms with Crippen LogP contribution in [0.5, 0.6) is 5.88 Å². The molecule has 176 valence electrons. The van der Waals surface area contributed by atoms with E-state index in [0.717, 1.165) is 6.42 Å². The first-order chi connectivity index (χ1) is 16.0. The summed E-state index contributed by atoms with van der Waals surface area (Å²) in [7, 11) is 1.37. The second-order valence-corrected chi connectivity index (χ2v) is 8.40. The number of hydrogen-bond acceptors (Lipinski definition) is 7. The number of fused-ring (bicyclic) bond motifs is 1. The number of nitrogens with zero attached hydrogens (tertiary/aromatic N) is 2. The Morgan fingerprint density at radius 3 is 2.67 bits per heavy atom. The topological polar surface area (TPSA) is 113 Å². The first-order valence-electron chi connectivity index (χ1n) is 11.3. The van der Waals surface area contributed by atoms with Gasteiger partial charge in [0.1, 0.15) is 6.10 Å². The lowest BCUT2D eigenvalue weighted by Crippen LogP contribution is -2.49. The van der Waals surface area contributed by atoms with Crippen LogP contribution < -0.4 is 15.4 Å². The molecule has 2 aliphatic heterocycles. The fraction of sp³-hybridized carbons (Fsp3) is 0.458. The predicted molar refractivity (Wildman–Crippen MR) is 121 cm³/mol. The molecule has 33 heavy (non-hydrogen) atoms. The maximum atomic E-state index is 12.5. The molecule has 9 heteroatoms. The molecular formula is C24H30N4O5. The number of benzene rings is 1. The van der Waals surface area contributed by atoms with Gasteiger partial charge in [-0.1, -0.05) is 24.3 Å². The Morgan fingerprint density at radius 1 is 1.21 bits per heavy atom. The van der Waals surface area contributed by atoms with Gasteiger partial charge in [-0.05, 0) is 23.6 Å². The zero-order valence-electron chi connectivity index (χ0n) is 18.7. The average Bonchev–Trinajstić information content (AvgIpc) is 2.87. The Balaban J connectivity index is 1.22. The summed E-state index contributed by atoms with van der Waals surface area (Å²) in [4.78, 5) is 29.9. The van der Waals surface area contributed by atoms with Crippen LogP contribution in [0.4, 0.5) is 4.79 Å². The zero-order chi connectivity index (χ0) is 23.2. The summed E-state index contributed by atoms with van der Waals surface area (Å²) < 4.78 is 10.6. The molecule has 2 aromatic rings. The second-order valence-electron chi connectivity index (χ2n) is 8.40. The van der Waals surface area contributed by atoms with Crippen LogP contribution in [-0.4, -0.2) is 72.0 Å². The van der Waals surface area contributed by atoms with Crippen LogP contribution in [0.2, 0.25) is 0 Å². The summed E-state index contributed by atoms with van der Waals surface area (Å²) in [6, 6.07) is 11.4. The third-order valence-corrected chi connectivity index (χ3v) is 6.21. The van der Waals surface area contributed by atoms with Crippen LogP contribution >= 0.6 is 0 Å². The molecule has 2 amide bonds. The first kappa shape index (κ1) is 23.0. The van der Waals surface area contributed by atoms with Crippen molar-refractivity contribution in [2.45, 2.75) is 44.1 Å². The van der Waals surface area contributed by atoms with Gasteiger partial charge in [0.25, 0.3) is 5.91 Å². The van der Waals surface area contributed by atoms with Gasteiger partial charge >= 0.3 is 6.09 Å². The Morgan fingerprint density at radius 2 is 1.97 bits per heavy atom. The lowest BCUT2D eigenvalue weighted by atomic mass is 9.93. The van der Waals surface area contributed by atoms with E-state index in [1.807, 2.05) is 12.1 Å². The van der Waals surface area contributed by atoms with Crippen LogP contribution in [0.15, 0.2) is 42.6 Å². The Labute approximate surface area is 193 Å². The molecule has 4 rings (SSSR count). The normalized spacial score (nSPS) is 19.3. The molecule has 1 fully saturated rings. The van der Waals surface area contributed by atoms with Crippen LogP contribution in [-0.2, 0) is 17.7 Å². The molecule has 0 radical (unpaired) electrons. The highest BCUT2D eigenvalue weighted by Gasteiger charge is 2.26. The molecule has 3 heterocycles. The van der Waals surface area contributed by atoms with Crippen LogP contribution in [0.1, 0.15) is 34.3 Å². The highest BCUT2D eigenvalue weighted by atomic mass is 16.5. The van der Waals surface area contributed by atoms with Crippen molar-refractivity contribution in [1.29, 1.82) is 0 Å². The first-order valence-corrected chi connectivity index (χ1v) is 11.3. The second kappa shape index (κ2) is 10.6. The van der Waals surface area contributed by atoms with Gasteiger partial charge in [0.05, 0.1) is 18.8 Å². The van der Waals surface area contributed by atoms with E-state index in [9.17, 15) is 14.7 Å². The standard InChI is InChI=1S/C24H30N4O5/c1-32-24(31)28-10-8-19(9-11-28)33-22-7-6-18(14-26-22)23(30)27-15-21(29)20-12-16-4-2-3-5-17(16)13-25-20/h2-7,14,19-21,25,29H,8-13,15H2,1H3,(H,27,30)/t20-,21+/m0/s1. The molecule has 9 nitrogen and oxygen atoms in total. The number of hydrogen-bond donors (Lipinski definition) is 3. The van der Waals surface area contributed by atoms with Crippen molar-refractivity contribution in [3.8, 4) is 5.88 Å². The van der Waals surface area contributed by atoms with E-state index in [-0.39, 0.29) is 30.7 Å². The predicted octanol–water partition coefficient (Wildman–Crippen LogP) is 1.50. The fourth-order valence-corrected chi connectivity index (χ4v) is 4.23. The van der Waals surface area contributed by atoms with Gasteiger partial charge in [-0.3, -0.25) is 4.79 Å². The van der Waals surface area contributed by atoms with E-state index in [1.54, 1.807) is 17.0 Å². The molecule has 1 aromatic carbocycles. The summed E-state index contributed by atoms with van der Waals surface area (Å²) in [6.07, 6.45) is 2.51. The zero-order valence-corrected chi connectivity index (χ0v) is 18.7. The molecule has 3 N–H and O–H groups in total. The van der Waals surface area contributed by atoms with Crippen molar-refractivity contribution >= 4 is 12.0 Å². The number of carbonyl (C=O) groups excluding carboxylic acids is 2. The SMILES string of the molecule is COC(=O)N1CCC(Oc2ccc(C(=O)NC[C@@H](O)[C@@H]3Cc4ccccc4CN3)cn2)CC1. The van der Waals surface area contributed by atoms with Crippen molar-refractivity contribution in [3.05, 3.63) is 59.3 Å². The van der Waals surface area contributed by atoms with E-state index in [4.69, 9.17) is 9.47 Å². The van der Waals surface area contributed by atoms with E-state index in [2.05, 4.69) is 27.8 Å². The molecule has 0 saturated carbocycles. The average molecular weight is 455 g/mol. The number of aromatic nitrogens is 1. The molecule has 0 bridgehead atoms. The molecule has 1 aromatic heterocycles. The number of pyridine rings is 1.